The molecule has 0 aromatic heterocycles. The lowest BCUT2D eigenvalue weighted by molar-refractivity contribution is -0.122. The highest BCUT2D eigenvalue weighted by Gasteiger charge is 2.19. The molecule has 1 atom stereocenters. The first-order valence-corrected chi connectivity index (χ1v) is 9.46. The number of amides is 2. The summed E-state index contributed by atoms with van der Waals surface area (Å²) < 4.78 is 5.67. The van der Waals surface area contributed by atoms with E-state index < -0.39 is 6.10 Å². The minimum absolute atomic E-state index is 0.0589. The number of carbonyl (C=O) groups is 2. The second-order valence-corrected chi connectivity index (χ2v) is 6.99. The zero-order valence-corrected chi connectivity index (χ0v) is 15.9. The number of rotatable bonds is 5. The summed E-state index contributed by atoms with van der Waals surface area (Å²) in [4.78, 5) is 26.7. The second-order valence-electron chi connectivity index (χ2n) is 6.99. The van der Waals surface area contributed by atoms with Crippen LogP contribution in [0.4, 0.5) is 5.69 Å². The number of carbonyl (C=O) groups excluding carboxylic acids is 2. The number of aryl methyl sites for hydroxylation is 1. The van der Waals surface area contributed by atoms with Crippen LogP contribution in [0.5, 0.6) is 5.75 Å². The Balaban J connectivity index is 1.56. The lowest BCUT2D eigenvalue weighted by Crippen LogP contribution is -2.35. The highest BCUT2D eigenvalue weighted by molar-refractivity contribution is 5.96. The summed E-state index contributed by atoms with van der Waals surface area (Å²) in [6.45, 7) is 5.36. The van der Waals surface area contributed by atoms with Gasteiger partial charge >= 0.3 is 0 Å². The van der Waals surface area contributed by atoms with Gasteiger partial charge in [-0.05, 0) is 69.5 Å². The van der Waals surface area contributed by atoms with Crippen molar-refractivity contribution in [3.8, 4) is 5.75 Å². The molecular formula is C22H26N2O3. The van der Waals surface area contributed by atoms with Crippen molar-refractivity contribution in [1.29, 1.82) is 0 Å². The third kappa shape index (κ3) is 5.09. The van der Waals surface area contributed by atoms with Crippen molar-refractivity contribution in [3.05, 3.63) is 59.7 Å². The quantitative estimate of drug-likeness (QED) is 0.869. The predicted molar refractivity (Wildman–Crippen MR) is 106 cm³/mol. The lowest BCUT2D eigenvalue weighted by Gasteiger charge is -2.26. The fraction of sp³-hybridized carbons (Fsp3) is 0.364. The van der Waals surface area contributed by atoms with Gasteiger partial charge in [0.25, 0.3) is 11.8 Å². The Labute approximate surface area is 160 Å². The first-order chi connectivity index (χ1) is 13.0. The van der Waals surface area contributed by atoms with Crippen molar-refractivity contribution in [2.75, 3.05) is 18.4 Å². The molecule has 27 heavy (non-hydrogen) atoms. The normalized spacial score (nSPS) is 15.1. The summed E-state index contributed by atoms with van der Waals surface area (Å²) in [5.74, 6) is 0.486. The third-order valence-corrected chi connectivity index (χ3v) is 4.75. The largest absolute Gasteiger partial charge is 0.481 e. The maximum atomic E-state index is 12.5. The molecule has 1 fully saturated rings. The summed E-state index contributed by atoms with van der Waals surface area (Å²) in [5.41, 5.74) is 2.44. The van der Waals surface area contributed by atoms with Gasteiger partial charge < -0.3 is 15.0 Å². The number of nitrogens with zero attached hydrogens (tertiary/aromatic N) is 1. The summed E-state index contributed by atoms with van der Waals surface area (Å²) in [6, 6.07) is 14.6. The molecule has 3 rings (SSSR count). The fourth-order valence-corrected chi connectivity index (χ4v) is 3.09. The third-order valence-electron chi connectivity index (χ3n) is 4.75. The van der Waals surface area contributed by atoms with E-state index in [-0.39, 0.29) is 11.8 Å². The zero-order valence-electron chi connectivity index (χ0n) is 15.9. The number of piperidine rings is 1. The maximum absolute atomic E-state index is 12.5. The SMILES string of the molecule is Cc1ccc(OC(C)C(=O)Nc2ccc(C(=O)N3CCCCC3)cc2)cc1. The molecule has 1 aliphatic rings. The Hall–Kier alpha value is -2.82. The van der Waals surface area contributed by atoms with Gasteiger partial charge in [-0.3, -0.25) is 9.59 Å². The highest BCUT2D eigenvalue weighted by Crippen LogP contribution is 2.17. The number of benzene rings is 2. The first-order valence-electron chi connectivity index (χ1n) is 9.46. The molecule has 1 aliphatic heterocycles. The van der Waals surface area contributed by atoms with E-state index in [1.54, 1.807) is 31.2 Å². The molecule has 1 saturated heterocycles. The van der Waals surface area contributed by atoms with Crippen LogP contribution in [0.1, 0.15) is 42.1 Å². The van der Waals surface area contributed by atoms with E-state index in [9.17, 15) is 9.59 Å². The van der Waals surface area contributed by atoms with Gasteiger partial charge in [0.15, 0.2) is 6.10 Å². The van der Waals surface area contributed by atoms with Crippen molar-refractivity contribution < 1.29 is 14.3 Å². The molecule has 0 radical (unpaired) electrons. The Morgan fingerprint density at radius 2 is 1.59 bits per heavy atom. The molecule has 2 aromatic carbocycles. The number of likely N-dealkylation sites (tertiary alicyclic amines) is 1. The molecule has 142 valence electrons. The average molecular weight is 366 g/mol. The maximum Gasteiger partial charge on any atom is 0.265 e. The Morgan fingerprint density at radius 1 is 0.963 bits per heavy atom. The van der Waals surface area contributed by atoms with Crippen LogP contribution in [0.2, 0.25) is 0 Å². The summed E-state index contributed by atoms with van der Waals surface area (Å²) in [7, 11) is 0. The van der Waals surface area contributed by atoms with E-state index in [0.717, 1.165) is 31.5 Å². The minimum atomic E-state index is -0.623. The van der Waals surface area contributed by atoms with E-state index in [0.29, 0.717) is 17.0 Å². The van der Waals surface area contributed by atoms with E-state index in [4.69, 9.17) is 4.74 Å². The van der Waals surface area contributed by atoms with Crippen LogP contribution in [0.3, 0.4) is 0 Å². The van der Waals surface area contributed by atoms with Crippen LogP contribution in [0.25, 0.3) is 0 Å². The predicted octanol–water partition coefficient (Wildman–Crippen LogP) is 4.03. The van der Waals surface area contributed by atoms with Gasteiger partial charge in [-0.1, -0.05) is 17.7 Å². The van der Waals surface area contributed by atoms with E-state index >= 15 is 0 Å². The van der Waals surface area contributed by atoms with Crippen molar-refractivity contribution in [1.82, 2.24) is 4.90 Å². The minimum Gasteiger partial charge on any atom is -0.481 e. The van der Waals surface area contributed by atoms with E-state index in [1.807, 2.05) is 36.1 Å². The number of hydrogen-bond acceptors (Lipinski definition) is 3. The lowest BCUT2D eigenvalue weighted by atomic mass is 10.1. The van der Waals surface area contributed by atoms with Crippen molar-refractivity contribution in [2.24, 2.45) is 0 Å². The van der Waals surface area contributed by atoms with Crippen LogP contribution in [-0.4, -0.2) is 35.9 Å². The van der Waals surface area contributed by atoms with Crippen molar-refractivity contribution in [2.45, 2.75) is 39.2 Å². The molecular weight excluding hydrogens is 340 g/mol. The van der Waals surface area contributed by atoms with E-state index in [2.05, 4.69) is 5.32 Å². The molecule has 0 spiro atoms. The van der Waals surface area contributed by atoms with Crippen LogP contribution >= 0.6 is 0 Å². The van der Waals surface area contributed by atoms with Crippen molar-refractivity contribution >= 4 is 17.5 Å². The fourth-order valence-electron chi connectivity index (χ4n) is 3.09. The average Bonchev–Trinajstić information content (AvgIpc) is 2.70. The number of ether oxygens (including phenoxy) is 1. The van der Waals surface area contributed by atoms with Crippen LogP contribution in [0.15, 0.2) is 48.5 Å². The Bertz CT molecular complexity index is 778. The van der Waals surface area contributed by atoms with Gasteiger partial charge in [-0.25, -0.2) is 0 Å². The molecule has 5 heteroatoms. The number of anilines is 1. The van der Waals surface area contributed by atoms with Crippen LogP contribution < -0.4 is 10.1 Å². The van der Waals surface area contributed by atoms with Crippen LogP contribution in [-0.2, 0) is 4.79 Å². The van der Waals surface area contributed by atoms with Gasteiger partial charge in [0, 0.05) is 24.3 Å². The molecule has 1 unspecified atom stereocenters. The molecule has 1 N–H and O–H groups in total. The molecule has 1 heterocycles. The monoisotopic (exact) mass is 366 g/mol. The molecule has 2 aromatic rings. The number of nitrogens with one attached hydrogen (secondary N) is 1. The van der Waals surface area contributed by atoms with Crippen LogP contribution in [0, 0.1) is 6.92 Å². The smallest absolute Gasteiger partial charge is 0.265 e. The van der Waals surface area contributed by atoms with Gasteiger partial charge in [0.2, 0.25) is 0 Å². The summed E-state index contributed by atoms with van der Waals surface area (Å²) in [6.07, 6.45) is 2.71. The van der Waals surface area contributed by atoms with Crippen molar-refractivity contribution in [3.63, 3.8) is 0 Å². The highest BCUT2D eigenvalue weighted by atomic mass is 16.5. The zero-order chi connectivity index (χ0) is 19.2. The molecule has 2 amide bonds. The number of hydrogen-bond donors (Lipinski definition) is 1. The van der Waals surface area contributed by atoms with Gasteiger partial charge in [-0.15, -0.1) is 0 Å². The second kappa shape index (κ2) is 8.71. The molecule has 5 nitrogen and oxygen atoms in total. The molecule has 0 aliphatic carbocycles. The molecule has 0 saturated carbocycles. The summed E-state index contributed by atoms with van der Waals surface area (Å²) >= 11 is 0. The van der Waals surface area contributed by atoms with Gasteiger partial charge in [-0.2, -0.15) is 0 Å². The summed E-state index contributed by atoms with van der Waals surface area (Å²) in [5, 5.41) is 2.83. The Morgan fingerprint density at radius 3 is 2.22 bits per heavy atom. The van der Waals surface area contributed by atoms with E-state index in [1.165, 1.54) is 6.42 Å². The first kappa shape index (κ1) is 19.0. The standard InChI is InChI=1S/C22H26N2O3/c1-16-6-12-20(13-7-16)27-17(2)21(25)23-19-10-8-18(9-11-19)22(26)24-14-4-3-5-15-24/h6-13,17H,3-5,14-15H2,1-2H3,(H,23,25). The topological polar surface area (TPSA) is 58.6 Å². The Kier molecular flexibility index (Phi) is 6.12. The molecule has 0 bridgehead atoms. The van der Waals surface area contributed by atoms with Gasteiger partial charge in [0.1, 0.15) is 5.75 Å². The van der Waals surface area contributed by atoms with Gasteiger partial charge in [0.05, 0.1) is 0 Å².